The number of carbonyl (C=O) groups excluding carboxylic acids is 4. The molecular formula is C87H170O17P2. The van der Waals surface area contributed by atoms with Gasteiger partial charge in [0, 0.05) is 25.7 Å². The van der Waals surface area contributed by atoms with Crippen LogP contribution in [0, 0.1) is 5.92 Å². The molecule has 0 aromatic carbocycles. The molecule has 0 rings (SSSR count). The predicted octanol–water partition coefficient (Wildman–Crippen LogP) is 26.8. The van der Waals surface area contributed by atoms with Gasteiger partial charge in [-0.05, 0) is 31.6 Å². The smallest absolute Gasteiger partial charge is 0.462 e. The highest BCUT2D eigenvalue weighted by Crippen LogP contribution is 2.45. The molecule has 106 heavy (non-hydrogen) atoms. The molecule has 17 nitrogen and oxygen atoms in total. The highest BCUT2D eigenvalue weighted by atomic mass is 31.2. The van der Waals surface area contributed by atoms with Crippen LogP contribution in [0.15, 0.2) is 0 Å². The fraction of sp³-hybridized carbons (Fsp3) is 0.954. The lowest BCUT2D eigenvalue weighted by atomic mass is 10.0. The van der Waals surface area contributed by atoms with Gasteiger partial charge in [0.25, 0.3) is 0 Å². The molecule has 5 atom stereocenters. The Hall–Kier alpha value is -1.94. The van der Waals surface area contributed by atoms with Crippen molar-refractivity contribution in [2.75, 3.05) is 39.6 Å². The maximum absolute atomic E-state index is 13.2. The minimum Gasteiger partial charge on any atom is -0.462 e. The van der Waals surface area contributed by atoms with Crippen LogP contribution in [-0.4, -0.2) is 96.7 Å². The van der Waals surface area contributed by atoms with Gasteiger partial charge in [-0.3, -0.25) is 37.3 Å². The minimum absolute atomic E-state index is 0.105. The molecule has 0 saturated carbocycles. The third kappa shape index (κ3) is 80.1. The summed E-state index contributed by atoms with van der Waals surface area (Å²) in [6, 6.07) is 0. The van der Waals surface area contributed by atoms with Gasteiger partial charge >= 0.3 is 39.5 Å². The minimum atomic E-state index is -4.97. The highest BCUT2D eigenvalue weighted by molar-refractivity contribution is 7.47. The standard InChI is InChI=1S/C87H170O17P2/c1-6-9-12-15-18-21-24-26-28-30-32-34-36-38-40-42-44-47-50-56-61-66-71-85(90)98-76-82(103-86(91)72-67-62-57-51-48-45-43-41-39-37-35-33-31-29-27-25-22-19-16-13-10-7-2)78-101-105(93,94)99-74-81(88)75-100-106(95,96)102-79-83(104-87(92)73-68-63-58-53-52-54-59-64-69-80(4)5)77-97-84(89)70-65-60-55-49-46-23-20-17-14-11-8-3/h80-83,88H,6-79H2,1-5H3,(H,93,94)(H,95,96)/t81-,82-,83-/m1/s1. The summed E-state index contributed by atoms with van der Waals surface area (Å²) >= 11 is 0. The van der Waals surface area contributed by atoms with Crippen LogP contribution in [0.1, 0.15) is 471 Å². The second-order valence-corrected chi connectivity index (χ2v) is 34.7. The van der Waals surface area contributed by atoms with Gasteiger partial charge in [-0.1, -0.05) is 420 Å². The van der Waals surface area contributed by atoms with E-state index in [1.807, 2.05) is 0 Å². The molecule has 0 aliphatic rings. The van der Waals surface area contributed by atoms with E-state index in [1.54, 1.807) is 0 Å². The van der Waals surface area contributed by atoms with Gasteiger partial charge in [0.05, 0.1) is 26.4 Å². The van der Waals surface area contributed by atoms with Crippen molar-refractivity contribution in [3.63, 3.8) is 0 Å². The average molecular weight is 1550 g/mol. The first-order chi connectivity index (χ1) is 51.5. The number of ether oxygens (including phenoxy) is 4. The fourth-order valence-corrected chi connectivity index (χ4v) is 15.2. The molecule has 0 spiro atoms. The molecule has 0 aromatic heterocycles. The zero-order valence-corrected chi connectivity index (χ0v) is 71.4. The molecular weight excluding hydrogens is 1380 g/mol. The molecule has 0 bridgehead atoms. The van der Waals surface area contributed by atoms with Crippen LogP contribution in [0.25, 0.3) is 0 Å². The van der Waals surface area contributed by atoms with E-state index in [2.05, 4.69) is 34.6 Å². The lowest BCUT2D eigenvalue weighted by Gasteiger charge is -2.21. The van der Waals surface area contributed by atoms with Crippen LogP contribution >= 0.6 is 15.6 Å². The Labute approximate surface area is 651 Å². The summed E-state index contributed by atoms with van der Waals surface area (Å²) < 4.78 is 68.8. The van der Waals surface area contributed by atoms with Gasteiger partial charge in [-0.15, -0.1) is 0 Å². The van der Waals surface area contributed by atoms with Crippen LogP contribution < -0.4 is 0 Å². The van der Waals surface area contributed by atoms with E-state index >= 15 is 0 Å². The zero-order valence-electron chi connectivity index (χ0n) is 69.6. The Kier molecular flexibility index (Phi) is 78.2. The first-order valence-electron chi connectivity index (χ1n) is 45.1. The summed E-state index contributed by atoms with van der Waals surface area (Å²) in [4.78, 5) is 73.2. The third-order valence-corrected chi connectivity index (χ3v) is 22.4. The summed E-state index contributed by atoms with van der Waals surface area (Å²) in [5, 5.41) is 10.7. The number of esters is 4. The van der Waals surface area contributed by atoms with Crippen molar-refractivity contribution in [3.8, 4) is 0 Å². The summed E-state index contributed by atoms with van der Waals surface area (Å²) in [6.45, 7) is 7.31. The Morgan fingerprint density at radius 3 is 0.642 bits per heavy atom. The molecule has 0 aromatic rings. The van der Waals surface area contributed by atoms with E-state index in [4.69, 9.17) is 37.0 Å². The second-order valence-electron chi connectivity index (χ2n) is 31.8. The van der Waals surface area contributed by atoms with Gasteiger partial charge in [0.1, 0.15) is 19.3 Å². The van der Waals surface area contributed by atoms with Gasteiger partial charge in [-0.25, -0.2) is 9.13 Å². The number of phosphoric acid groups is 2. The Balaban J connectivity index is 5.18. The van der Waals surface area contributed by atoms with Crippen LogP contribution in [-0.2, 0) is 65.4 Å². The number of hydrogen-bond donors (Lipinski definition) is 3. The SMILES string of the molecule is CCCCCCCCCCCCCCCCCCCCCCCCC(=O)OC[C@H](COP(=O)(O)OC[C@@H](O)COP(=O)(O)OC[C@@H](COC(=O)CCCCCCCCCCCCC)OC(=O)CCCCCCCCCCC(C)C)OC(=O)CCCCCCCCCCCCCCCCCCCCCCCC. The maximum atomic E-state index is 13.2. The van der Waals surface area contributed by atoms with Crippen molar-refractivity contribution in [2.24, 2.45) is 5.92 Å². The number of carbonyl (C=O) groups is 4. The predicted molar refractivity (Wildman–Crippen MR) is 437 cm³/mol. The topological polar surface area (TPSA) is 237 Å². The summed E-state index contributed by atoms with van der Waals surface area (Å²) in [7, 11) is -9.92. The monoisotopic (exact) mass is 1550 g/mol. The van der Waals surface area contributed by atoms with Crippen molar-refractivity contribution in [1.82, 2.24) is 0 Å². The fourth-order valence-electron chi connectivity index (χ4n) is 13.6. The number of aliphatic hydroxyl groups excluding tert-OH is 1. The van der Waals surface area contributed by atoms with Crippen molar-refractivity contribution >= 4 is 39.5 Å². The normalized spacial score (nSPS) is 13.7. The van der Waals surface area contributed by atoms with E-state index in [9.17, 15) is 43.2 Å². The quantitative estimate of drug-likeness (QED) is 0.0222. The summed E-state index contributed by atoms with van der Waals surface area (Å²) in [5.74, 6) is -1.39. The van der Waals surface area contributed by atoms with Crippen LogP contribution in [0.5, 0.6) is 0 Å². The van der Waals surface area contributed by atoms with E-state index in [0.717, 1.165) is 95.8 Å². The molecule has 0 saturated heterocycles. The number of phosphoric ester groups is 2. The van der Waals surface area contributed by atoms with Gasteiger partial charge in [0.2, 0.25) is 0 Å². The molecule has 0 aliphatic carbocycles. The maximum Gasteiger partial charge on any atom is 0.472 e. The number of hydrogen-bond acceptors (Lipinski definition) is 15. The molecule has 2 unspecified atom stereocenters. The first-order valence-corrected chi connectivity index (χ1v) is 48.1. The van der Waals surface area contributed by atoms with Crippen molar-refractivity contribution < 1.29 is 80.2 Å². The highest BCUT2D eigenvalue weighted by Gasteiger charge is 2.30. The summed E-state index contributed by atoms with van der Waals surface area (Å²) in [5.41, 5.74) is 0. The van der Waals surface area contributed by atoms with Crippen molar-refractivity contribution in [2.45, 2.75) is 490 Å². The second kappa shape index (κ2) is 79.7. The molecule has 630 valence electrons. The van der Waals surface area contributed by atoms with Crippen LogP contribution in [0.3, 0.4) is 0 Å². The van der Waals surface area contributed by atoms with Gasteiger partial charge < -0.3 is 33.8 Å². The molecule has 0 amide bonds. The van der Waals surface area contributed by atoms with E-state index in [-0.39, 0.29) is 25.7 Å². The van der Waals surface area contributed by atoms with Crippen LogP contribution in [0.4, 0.5) is 0 Å². The Morgan fingerprint density at radius 2 is 0.434 bits per heavy atom. The van der Waals surface area contributed by atoms with E-state index < -0.39 is 97.5 Å². The number of rotatable bonds is 87. The van der Waals surface area contributed by atoms with Gasteiger partial charge in [-0.2, -0.15) is 0 Å². The summed E-state index contributed by atoms with van der Waals surface area (Å²) in [6.07, 6.45) is 74.0. The van der Waals surface area contributed by atoms with Gasteiger partial charge in [0.15, 0.2) is 12.2 Å². The molecule has 0 radical (unpaired) electrons. The molecule has 0 aliphatic heterocycles. The number of aliphatic hydroxyl groups is 1. The Morgan fingerprint density at radius 1 is 0.255 bits per heavy atom. The van der Waals surface area contributed by atoms with E-state index in [0.29, 0.717) is 25.7 Å². The lowest BCUT2D eigenvalue weighted by molar-refractivity contribution is -0.161. The van der Waals surface area contributed by atoms with Crippen molar-refractivity contribution in [3.05, 3.63) is 0 Å². The number of unbranched alkanes of at least 4 members (excludes halogenated alkanes) is 59. The lowest BCUT2D eigenvalue weighted by Crippen LogP contribution is -2.30. The third-order valence-electron chi connectivity index (χ3n) is 20.5. The molecule has 19 heteroatoms. The average Bonchev–Trinajstić information content (AvgIpc) is 0.906. The molecule has 0 fully saturated rings. The largest absolute Gasteiger partial charge is 0.472 e. The Bertz CT molecular complexity index is 2010. The zero-order chi connectivity index (χ0) is 77.6. The first kappa shape index (κ1) is 104. The van der Waals surface area contributed by atoms with Crippen molar-refractivity contribution in [1.29, 1.82) is 0 Å². The molecule has 3 N–H and O–H groups in total. The van der Waals surface area contributed by atoms with E-state index in [1.165, 1.54) is 295 Å². The molecule has 0 heterocycles. The van der Waals surface area contributed by atoms with Crippen LogP contribution in [0.2, 0.25) is 0 Å².